The van der Waals surface area contributed by atoms with E-state index in [1.807, 2.05) is 66.8 Å². The molecule has 0 aromatic heterocycles. The number of carbonyl (C=O) groups is 2. The zero-order valence-electron chi connectivity index (χ0n) is 20.8. The molecule has 2 aliphatic carbocycles. The van der Waals surface area contributed by atoms with Crippen LogP contribution < -0.4 is 10.2 Å². The monoisotopic (exact) mass is 581 g/mol. The van der Waals surface area contributed by atoms with Gasteiger partial charge in [-0.1, -0.05) is 112 Å². The van der Waals surface area contributed by atoms with Crippen molar-refractivity contribution >= 4 is 35.8 Å². The average molecular weight is 580 g/mol. The van der Waals surface area contributed by atoms with Crippen LogP contribution in [0.4, 0.5) is 0 Å². The van der Waals surface area contributed by atoms with E-state index in [4.69, 9.17) is 0 Å². The van der Waals surface area contributed by atoms with Gasteiger partial charge in [-0.15, -0.1) is 0 Å². The smallest absolute Gasteiger partial charge is 0.545 e. The van der Waals surface area contributed by atoms with E-state index < -0.39 is 11.9 Å². The van der Waals surface area contributed by atoms with Gasteiger partial charge in [0, 0.05) is 18.4 Å². The second-order valence-electron chi connectivity index (χ2n) is 7.53. The molecule has 2 aliphatic rings. The Labute approximate surface area is 227 Å². The SMILES string of the molecule is CN(C)Cc1[c]cccc1.O=C([O-])/C=C/C1C=CC=C1.O=C([O-])/C=C/C1C=CC=C1.[CH2]CCC.[Sn+2]. The molecule has 35 heavy (non-hydrogen) atoms. The summed E-state index contributed by atoms with van der Waals surface area (Å²) in [6.07, 6.45) is 22.7. The van der Waals surface area contributed by atoms with Crippen LogP contribution in [-0.2, 0) is 16.1 Å². The number of hydrogen-bond acceptors (Lipinski definition) is 5. The zero-order valence-corrected chi connectivity index (χ0v) is 23.7. The third-order valence-corrected chi connectivity index (χ3v) is 4.08. The van der Waals surface area contributed by atoms with Crippen molar-refractivity contribution in [3.63, 3.8) is 0 Å². The largest absolute Gasteiger partial charge is 2.00 e. The van der Waals surface area contributed by atoms with Crippen LogP contribution in [0.15, 0.2) is 97.2 Å². The van der Waals surface area contributed by atoms with E-state index in [0.29, 0.717) is 0 Å². The molecular weight excluding hydrogens is 545 g/mol. The maximum absolute atomic E-state index is 9.91. The predicted molar refractivity (Wildman–Crippen MR) is 141 cm³/mol. The summed E-state index contributed by atoms with van der Waals surface area (Å²) in [6, 6.07) is 11.2. The van der Waals surface area contributed by atoms with Crippen molar-refractivity contribution < 1.29 is 19.8 Å². The van der Waals surface area contributed by atoms with Gasteiger partial charge < -0.3 is 24.7 Å². The van der Waals surface area contributed by atoms with E-state index in [2.05, 4.69) is 45.0 Å². The van der Waals surface area contributed by atoms with E-state index in [1.165, 1.54) is 12.0 Å². The number of hydrogen-bond donors (Lipinski definition) is 0. The van der Waals surface area contributed by atoms with Gasteiger partial charge in [-0.05, 0) is 37.9 Å². The van der Waals surface area contributed by atoms with Crippen LogP contribution in [0.5, 0.6) is 0 Å². The Morgan fingerprint density at radius 1 is 0.943 bits per heavy atom. The Balaban J connectivity index is 0. The van der Waals surface area contributed by atoms with Crippen LogP contribution in [0.2, 0.25) is 0 Å². The van der Waals surface area contributed by atoms with Crippen LogP contribution in [-0.4, -0.2) is 54.8 Å². The topological polar surface area (TPSA) is 83.5 Å². The molecule has 6 heteroatoms. The summed E-state index contributed by atoms with van der Waals surface area (Å²) in [5.74, 6) is -2.02. The summed E-state index contributed by atoms with van der Waals surface area (Å²) in [4.78, 5) is 22.0. The Bertz CT molecular complexity index is 794. The Morgan fingerprint density at radius 2 is 1.37 bits per heavy atom. The summed E-state index contributed by atoms with van der Waals surface area (Å²) in [6.45, 7) is 6.70. The average Bonchev–Trinajstić information content (AvgIpc) is 3.52. The number of rotatable bonds is 7. The molecule has 4 radical (unpaired) electrons. The predicted octanol–water partition coefficient (Wildman–Crippen LogP) is 2.86. The van der Waals surface area contributed by atoms with Gasteiger partial charge >= 0.3 is 23.9 Å². The molecule has 0 heterocycles. The van der Waals surface area contributed by atoms with Crippen molar-refractivity contribution in [1.82, 2.24) is 4.90 Å². The molecular formula is C29H35NO4Sn. The van der Waals surface area contributed by atoms with Crippen molar-refractivity contribution in [2.75, 3.05) is 14.1 Å². The first-order valence-electron chi connectivity index (χ1n) is 11.2. The first-order valence-corrected chi connectivity index (χ1v) is 11.2. The number of carboxylic acid groups (broad SMARTS) is 2. The van der Waals surface area contributed by atoms with E-state index in [-0.39, 0.29) is 35.7 Å². The summed E-state index contributed by atoms with van der Waals surface area (Å²) in [5, 5.41) is 19.8. The van der Waals surface area contributed by atoms with Crippen molar-refractivity contribution in [3.8, 4) is 0 Å². The van der Waals surface area contributed by atoms with Gasteiger partial charge in [0.15, 0.2) is 0 Å². The van der Waals surface area contributed by atoms with Gasteiger partial charge in [-0.3, -0.25) is 0 Å². The standard InChI is InChI=1S/C9H12N.2C8H8O2.C4H9.Sn/c1-10(2)8-9-6-4-3-5-7-9;2*9-8(10)6-5-7-3-1-2-4-7;1-3-4-2;/h3-6H,8H2,1-2H3;2*1-7H,(H,9,10);1,3-4H2,2H3;/q;;;;+2/p-2/b;2*6-5+;;. The van der Waals surface area contributed by atoms with Crippen molar-refractivity contribution in [2.45, 2.75) is 26.3 Å². The Kier molecular flexibility index (Phi) is 22.8. The number of carbonyl (C=O) groups excluding carboxylic acids is 2. The van der Waals surface area contributed by atoms with Gasteiger partial charge in [0.05, 0.1) is 11.9 Å². The second kappa shape index (κ2) is 23.1. The minimum absolute atomic E-state index is 0. The molecule has 0 amide bonds. The summed E-state index contributed by atoms with van der Waals surface area (Å²) in [5.41, 5.74) is 1.24. The number of aliphatic carboxylic acids is 2. The number of allylic oxidation sites excluding steroid dienone is 10. The van der Waals surface area contributed by atoms with Crippen molar-refractivity contribution in [3.05, 3.63) is 116 Å². The van der Waals surface area contributed by atoms with Crippen LogP contribution in [0.1, 0.15) is 25.3 Å². The summed E-state index contributed by atoms with van der Waals surface area (Å²) >= 11 is 0. The van der Waals surface area contributed by atoms with E-state index in [9.17, 15) is 19.8 Å². The van der Waals surface area contributed by atoms with Gasteiger partial charge in [0.2, 0.25) is 0 Å². The second-order valence-corrected chi connectivity index (χ2v) is 7.53. The molecule has 1 aromatic carbocycles. The first kappa shape index (κ1) is 34.5. The van der Waals surface area contributed by atoms with Crippen LogP contribution >= 0.6 is 0 Å². The third kappa shape index (κ3) is 22.9. The molecule has 1 aromatic rings. The normalized spacial score (nSPS) is 13.6. The Morgan fingerprint density at radius 3 is 1.66 bits per heavy atom. The van der Waals surface area contributed by atoms with Gasteiger partial charge in [-0.25, -0.2) is 0 Å². The number of unbranched alkanes of at least 4 members (excludes halogenated alkanes) is 1. The van der Waals surface area contributed by atoms with E-state index in [1.54, 1.807) is 12.2 Å². The molecule has 0 N–H and O–H groups in total. The maximum Gasteiger partial charge on any atom is 2.00 e. The van der Waals surface area contributed by atoms with Crippen LogP contribution in [0.3, 0.4) is 0 Å². The summed E-state index contributed by atoms with van der Waals surface area (Å²) in [7, 11) is 4.11. The number of nitrogens with zero attached hydrogens (tertiary/aromatic N) is 1. The fourth-order valence-electron chi connectivity index (χ4n) is 2.40. The molecule has 0 atom stereocenters. The van der Waals surface area contributed by atoms with Gasteiger partial charge in [0.1, 0.15) is 0 Å². The molecule has 0 saturated heterocycles. The summed E-state index contributed by atoms with van der Waals surface area (Å²) < 4.78 is 0. The van der Waals surface area contributed by atoms with E-state index in [0.717, 1.165) is 25.1 Å². The molecule has 0 spiro atoms. The van der Waals surface area contributed by atoms with Crippen LogP contribution in [0, 0.1) is 24.8 Å². The van der Waals surface area contributed by atoms with E-state index >= 15 is 0 Å². The zero-order chi connectivity index (χ0) is 25.6. The maximum atomic E-state index is 9.91. The molecule has 3 rings (SSSR count). The minimum Gasteiger partial charge on any atom is -0.545 e. The molecule has 0 saturated carbocycles. The molecule has 5 nitrogen and oxygen atoms in total. The number of carboxylic acids is 2. The van der Waals surface area contributed by atoms with Crippen molar-refractivity contribution in [2.24, 2.45) is 11.8 Å². The van der Waals surface area contributed by atoms with Crippen molar-refractivity contribution in [1.29, 1.82) is 0 Å². The molecule has 0 bridgehead atoms. The molecule has 0 aliphatic heterocycles. The quantitative estimate of drug-likeness (QED) is 0.366. The molecule has 0 unspecified atom stereocenters. The van der Waals surface area contributed by atoms with Gasteiger partial charge in [0.25, 0.3) is 0 Å². The minimum atomic E-state index is -1.14. The fourth-order valence-corrected chi connectivity index (χ4v) is 2.40. The van der Waals surface area contributed by atoms with Crippen LogP contribution in [0.25, 0.3) is 0 Å². The first-order chi connectivity index (χ1) is 16.3. The third-order valence-electron chi connectivity index (χ3n) is 4.08. The number of benzene rings is 1. The van der Waals surface area contributed by atoms with Gasteiger partial charge in [-0.2, -0.15) is 0 Å². The Hall–Kier alpha value is -2.64. The fraction of sp³-hybridized carbons (Fsp3) is 0.276. The molecule has 0 fully saturated rings. The molecule has 184 valence electrons.